The van der Waals surface area contributed by atoms with E-state index in [0.29, 0.717) is 0 Å². The third kappa shape index (κ3) is 1.88. The van der Waals surface area contributed by atoms with Gasteiger partial charge in [-0.3, -0.25) is 0 Å². The lowest BCUT2D eigenvalue weighted by atomic mass is 10.3. The number of hydrogen-bond acceptors (Lipinski definition) is 1. The Hall–Kier alpha value is -0.790. The fourth-order valence-electron chi connectivity index (χ4n) is 0.705. The van der Waals surface area contributed by atoms with E-state index >= 15 is 0 Å². The molecule has 0 aromatic carbocycles. The summed E-state index contributed by atoms with van der Waals surface area (Å²) >= 11 is 0. The maximum absolute atomic E-state index is 3.88. The average Bonchev–Trinajstić information content (AvgIpc) is 2.34. The van der Waals surface area contributed by atoms with Crippen LogP contribution in [0.2, 0.25) is 0 Å². The number of imidazole rings is 1. The summed E-state index contributed by atoms with van der Waals surface area (Å²) < 4.78 is 1.98. The molecule has 0 saturated carbocycles. The highest BCUT2D eigenvalue weighted by atomic mass is 15.0. The number of nitrogens with zero attached hydrogens (tertiary/aromatic N) is 2. The number of aryl methyl sites for hydroxylation is 1. The summed E-state index contributed by atoms with van der Waals surface area (Å²) in [6, 6.07) is 0. The number of hydrogen-bond donors (Lipinski definition) is 0. The zero-order valence-corrected chi connectivity index (χ0v) is 5.67. The first-order valence-electron chi connectivity index (χ1n) is 3.31. The molecule has 2 nitrogen and oxygen atoms in total. The zero-order chi connectivity index (χ0) is 6.53. The Balaban J connectivity index is 2.30. The van der Waals surface area contributed by atoms with Crippen molar-refractivity contribution in [3.63, 3.8) is 0 Å². The van der Waals surface area contributed by atoms with E-state index in [1.165, 1.54) is 12.8 Å². The molecule has 0 spiro atoms. The minimum Gasteiger partial charge on any atom is -0.329 e. The first-order chi connectivity index (χ1) is 4.43. The second kappa shape index (κ2) is 3.28. The Labute approximate surface area is 55.5 Å². The lowest BCUT2D eigenvalue weighted by molar-refractivity contribution is 0.628. The molecule has 49 valence electrons. The molecule has 1 heterocycles. The van der Waals surface area contributed by atoms with E-state index in [4.69, 9.17) is 0 Å². The highest BCUT2D eigenvalue weighted by Gasteiger charge is 1.86. The maximum Gasteiger partial charge on any atom is 0.0951 e. The van der Waals surface area contributed by atoms with Crippen LogP contribution in [0.4, 0.5) is 0 Å². The first kappa shape index (κ1) is 6.33. The van der Waals surface area contributed by atoms with Crippen LogP contribution in [-0.4, -0.2) is 9.55 Å². The van der Waals surface area contributed by atoms with Crippen molar-refractivity contribution in [2.75, 3.05) is 0 Å². The van der Waals surface area contributed by atoms with Crippen molar-refractivity contribution in [3.8, 4) is 0 Å². The van der Waals surface area contributed by atoms with E-state index in [9.17, 15) is 0 Å². The van der Waals surface area contributed by atoms with Gasteiger partial charge in [0.1, 0.15) is 0 Å². The summed E-state index contributed by atoms with van der Waals surface area (Å²) in [5.41, 5.74) is 0. The van der Waals surface area contributed by atoms with E-state index in [1.54, 1.807) is 12.5 Å². The molecule has 2 heteroatoms. The van der Waals surface area contributed by atoms with Crippen LogP contribution in [0.25, 0.3) is 0 Å². The topological polar surface area (TPSA) is 17.8 Å². The van der Waals surface area contributed by atoms with Gasteiger partial charge in [0, 0.05) is 6.54 Å². The van der Waals surface area contributed by atoms with Gasteiger partial charge < -0.3 is 4.57 Å². The zero-order valence-electron chi connectivity index (χ0n) is 5.67. The molecule has 0 aliphatic rings. The molecule has 0 aliphatic heterocycles. The molecule has 0 atom stereocenters. The molecule has 0 aliphatic carbocycles. The molecule has 1 rings (SSSR count). The summed E-state index contributed by atoms with van der Waals surface area (Å²) in [4.78, 5) is 3.88. The maximum atomic E-state index is 3.88. The van der Waals surface area contributed by atoms with Crippen molar-refractivity contribution < 1.29 is 0 Å². The fraction of sp³-hybridized carbons (Fsp3) is 0.571. The van der Waals surface area contributed by atoms with Crippen molar-refractivity contribution in [3.05, 3.63) is 18.7 Å². The van der Waals surface area contributed by atoms with Gasteiger partial charge in [0.2, 0.25) is 0 Å². The van der Waals surface area contributed by atoms with Crippen molar-refractivity contribution in [1.29, 1.82) is 0 Å². The largest absolute Gasteiger partial charge is 0.329 e. The molecule has 1 aromatic heterocycles. The predicted octanol–water partition coefficient (Wildman–Crippen LogP) is 1.48. The van der Waals surface area contributed by atoms with Crippen LogP contribution in [-0.2, 0) is 6.54 Å². The van der Waals surface area contributed by atoms with Gasteiger partial charge in [-0.1, -0.05) is 13.3 Å². The summed E-state index contributed by atoms with van der Waals surface area (Å²) in [5, 5.41) is 0. The van der Waals surface area contributed by atoms with Gasteiger partial charge in [0.25, 0.3) is 0 Å². The van der Waals surface area contributed by atoms with Gasteiger partial charge in [0.15, 0.2) is 0 Å². The summed E-state index contributed by atoms with van der Waals surface area (Å²) in [6.45, 7) is 3.23. The molecular formula is C7H11N2. The van der Waals surface area contributed by atoms with Gasteiger partial charge in [-0.15, -0.1) is 0 Å². The van der Waals surface area contributed by atoms with Gasteiger partial charge in [-0.05, 0) is 6.42 Å². The van der Waals surface area contributed by atoms with Crippen LogP contribution in [0.5, 0.6) is 0 Å². The van der Waals surface area contributed by atoms with Crippen LogP contribution < -0.4 is 0 Å². The van der Waals surface area contributed by atoms with E-state index in [2.05, 4.69) is 18.1 Å². The summed E-state index contributed by atoms with van der Waals surface area (Å²) in [7, 11) is 0. The van der Waals surface area contributed by atoms with E-state index in [1.807, 2.05) is 4.57 Å². The van der Waals surface area contributed by atoms with Crippen molar-refractivity contribution in [2.24, 2.45) is 0 Å². The van der Waals surface area contributed by atoms with Crippen molar-refractivity contribution >= 4 is 0 Å². The lowest BCUT2D eigenvalue weighted by Gasteiger charge is -1.95. The standard InChI is InChI=1S/C7H11N2/c1-2-3-5-9-6-4-8-7-9/h4,7H,2-3,5H2,1H3. The second-order valence-corrected chi connectivity index (χ2v) is 2.07. The highest BCUT2D eigenvalue weighted by molar-refractivity contribution is 4.70. The molecule has 0 saturated heterocycles. The highest BCUT2D eigenvalue weighted by Crippen LogP contribution is 1.91. The molecule has 0 fully saturated rings. The number of rotatable bonds is 3. The Bertz CT molecular complexity index is 144. The van der Waals surface area contributed by atoms with Crippen LogP contribution in [0.3, 0.4) is 0 Å². The Morgan fingerprint density at radius 2 is 2.56 bits per heavy atom. The summed E-state index contributed by atoms with van der Waals surface area (Å²) in [6.07, 6.45) is 8.91. The first-order valence-corrected chi connectivity index (χ1v) is 3.31. The SMILES string of the molecule is CCCCn1[c]cnc1. The van der Waals surface area contributed by atoms with Gasteiger partial charge in [0.05, 0.1) is 18.7 Å². The third-order valence-electron chi connectivity index (χ3n) is 1.26. The van der Waals surface area contributed by atoms with Gasteiger partial charge in [-0.2, -0.15) is 0 Å². The molecule has 0 unspecified atom stereocenters. The second-order valence-electron chi connectivity index (χ2n) is 2.07. The quantitative estimate of drug-likeness (QED) is 0.595. The van der Waals surface area contributed by atoms with E-state index in [0.717, 1.165) is 6.54 Å². The molecule has 1 aromatic rings. The fourth-order valence-corrected chi connectivity index (χ4v) is 0.705. The van der Waals surface area contributed by atoms with Gasteiger partial charge >= 0.3 is 0 Å². The third-order valence-corrected chi connectivity index (χ3v) is 1.26. The van der Waals surface area contributed by atoms with E-state index in [-0.39, 0.29) is 0 Å². The Morgan fingerprint density at radius 3 is 3.11 bits per heavy atom. The minimum atomic E-state index is 1.05. The van der Waals surface area contributed by atoms with Crippen LogP contribution in [0, 0.1) is 6.20 Å². The van der Waals surface area contributed by atoms with Crippen LogP contribution >= 0.6 is 0 Å². The number of unbranched alkanes of at least 4 members (excludes halogenated alkanes) is 1. The van der Waals surface area contributed by atoms with Crippen molar-refractivity contribution in [2.45, 2.75) is 26.3 Å². The molecule has 1 radical (unpaired) electrons. The number of aromatic nitrogens is 2. The molecule has 9 heavy (non-hydrogen) atoms. The lowest BCUT2D eigenvalue weighted by Crippen LogP contribution is -1.92. The molecule has 0 amide bonds. The normalized spacial score (nSPS) is 9.89. The molecular weight excluding hydrogens is 112 g/mol. The summed E-state index contributed by atoms with van der Waals surface area (Å²) in [5.74, 6) is 0. The average molecular weight is 123 g/mol. The van der Waals surface area contributed by atoms with Crippen LogP contribution in [0.1, 0.15) is 19.8 Å². The van der Waals surface area contributed by atoms with E-state index < -0.39 is 0 Å². The Kier molecular flexibility index (Phi) is 2.31. The molecule has 0 bridgehead atoms. The van der Waals surface area contributed by atoms with Gasteiger partial charge in [-0.25, -0.2) is 4.98 Å². The van der Waals surface area contributed by atoms with Crippen molar-refractivity contribution in [1.82, 2.24) is 9.55 Å². The smallest absolute Gasteiger partial charge is 0.0951 e. The minimum absolute atomic E-state index is 1.05. The predicted molar refractivity (Wildman–Crippen MR) is 36.0 cm³/mol. The monoisotopic (exact) mass is 123 g/mol. The Morgan fingerprint density at radius 1 is 1.67 bits per heavy atom. The van der Waals surface area contributed by atoms with Crippen LogP contribution in [0.15, 0.2) is 12.5 Å². The molecule has 0 N–H and O–H groups in total.